The van der Waals surface area contributed by atoms with E-state index < -0.39 is 0 Å². The Morgan fingerprint density at radius 2 is 1.84 bits per heavy atom. The van der Waals surface area contributed by atoms with E-state index in [2.05, 4.69) is 47.5 Å². The summed E-state index contributed by atoms with van der Waals surface area (Å²) in [6.45, 7) is 6.73. The van der Waals surface area contributed by atoms with Crippen molar-refractivity contribution in [3.8, 4) is 0 Å². The zero-order valence-electron chi connectivity index (χ0n) is 19.0. The molecule has 2 aromatic carbocycles. The number of rotatable bonds is 6. The molecule has 2 N–H and O–H groups in total. The molecule has 0 amide bonds. The number of benzene rings is 2. The molecule has 1 atom stereocenters. The van der Waals surface area contributed by atoms with Gasteiger partial charge < -0.3 is 20.2 Å². The van der Waals surface area contributed by atoms with Crippen molar-refractivity contribution < 1.29 is 9.50 Å². The Balaban J connectivity index is 1.37. The number of aliphatic hydroxyl groups is 1. The van der Waals surface area contributed by atoms with Gasteiger partial charge in [-0.25, -0.2) is 9.38 Å². The molecule has 0 radical (unpaired) electrons. The lowest BCUT2D eigenvalue weighted by Crippen LogP contribution is -2.40. The first-order valence-corrected chi connectivity index (χ1v) is 11.9. The molecule has 5 nitrogen and oxygen atoms in total. The number of halogens is 1. The molecule has 2 aromatic rings. The van der Waals surface area contributed by atoms with E-state index in [-0.39, 0.29) is 11.9 Å². The third-order valence-electron chi connectivity index (χ3n) is 6.52. The maximum atomic E-state index is 14.8. The molecule has 0 aromatic heterocycles. The molecule has 0 bridgehead atoms. The molecule has 6 heteroatoms. The van der Waals surface area contributed by atoms with Gasteiger partial charge in [-0.3, -0.25) is 0 Å². The Labute approximate surface area is 191 Å². The van der Waals surface area contributed by atoms with Gasteiger partial charge in [-0.1, -0.05) is 36.4 Å². The summed E-state index contributed by atoms with van der Waals surface area (Å²) in [4.78, 5) is 9.18. The fourth-order valence-electron chi connectivity index (χ4n) is 4.74. The maximum absolute atomic E-state index is 14.8. The highest BCUT2D eigenvalue weighted by Crippen LogP contribution is 2.25. The van der Waals surface area contributed by atoms with Gasteiger partial charge in [0.15, 0.2) is 5.96 Å². The highest BCUT2D eigenvalue weighted by molar-refractivity contribution is 5.80. The van der Waals surface area contributed by atoms with Gasteiger partial charge in [0.25, 0.3) is 0 Å². The monoisotopic (exact) mass is 438 g/mol. The molecule has 32 heavy (non-hydrogen) atoms. The number of piperidine rings is 1. The zero-order valence-corrected chi connectivity index (χ0v) is 19.0. The predicted octanol–water partition coefficient (Wildman–Crippen LogP) is 3.82. The van der Waals surface area contributed by atoms with Crippen molar-refractivity contribution in [1.82, 2.24) is 10.2 Å². The smallest absolute Gasteiger partial charge is 0.194 e. The molecule has 2 heterocycles. The van der Waals surface area contributed by atoms with Gasteiger partial charge in [0.2, 0.25) is 0 Å². The Hall–Kier alpha value is -2.60. The number of aliphatic imine (C=N–C) groups is 1. The quantitative estimate of drug-likeness (QED) is 0.532. The van der Waals surface area contributed by atoms with Crippen LogP contribution in [0, 0.1) is 11.7 Å². The average Bonchev–Trinajstić information content (AvgIpc) is 3.26. The van der Waals surface area contributed by atoms with Gasteiger partial charge in [0.1, 0.15) is 5.82 Å². The molecular weight excluding hydrogens is 403 g/mol. The number of likely N-dealkylation sites (tertiary alicyclic amines) is 1. The summed E-state index contributed by atoms with van der Waals surface area (Å²) >= 11 is 0. The fourth-order valence-corrected chi connectivity index (χ4v) is 4.74. The van der Waals surface area contributed by atoms with Crippen LogP contribution in [0.1, 0.15) is 37.3 Å². The summed E-state index contributed by atoms with van der Waals surface area (Å²) in [5.74, 6) is 1.33. The average molecular weight is 439 g/mol. The lowest BCUT2D eigenvalue weighted by molar-refractivity contribution is 0.145. The number of hydrogen-bond donors (Lipinski definition) is 2. The van der Waals surface area contributed by atoms with E-state index in [1.54, 1.807) is 6.07 Å². The zero-order chi connectivity index (χ0) is 22.3. The molecule has 2 aliphatic rings. The van der Waals surface area contributed by atoms with Crippen LogP contribution in [-0.2, 0) is 13.0 Å². The van der Waals surface area contributed by atoms with Crippen LogP contribution in [0.15, 0.2) is 53.5 Å². The molecule has 0 aliphatic carbocycles. The van der Waals surface area contributed by atoms with Gasteiger partial charge in [0.05, 0.1) is 18.3 Å². The molecule has 1 unspecified atom stereocenters. The van der Waals surface area contributed by atoms with Crippen molar-refractivity contribution in [3.05, 3.63) is 65.5 Å². The maximum Gasteiger partial charge on any atom is 0.194 e. The van der Waals surface area contributed by atoms with Gasteiger partial charge in [-0.15, -0.1) is 0 Å². The summed E-state index contributed by atoms with van der Waals surface area (Å²) in [5.41, 5.74) is 2.89. The van der Waals surface area contributed by atoms with E-state index in [4.69, 9.17) is 4.99 Å². The molecule has 2 fully saturated rings. The largest absolute Gasteiger partial charge is 0.393 e. The molecule has 2 saturated heterocycles. The Bertz CT molecular complexity index is 896. The summed E-state index contributed by atoms with van der Waals surface area (Å²) in [5, 5.41) is 13.1. The minimum absolute atomic E-state index is 0.205. The van der Waals surface area contributed by atoms with Crippen molar-refractivity contribution in [2.75, 3.05) is 37.6 Å². The van der Waals surface area contributed by atoms with Crippen LogP contribution in [0.3, 0.4) is 0 Å². The Kier molecular flexibility index (Phi) is 7.63. The van der Waals surface area contributed by atoms with Crippen molar-refractivity contribution in [2.24, 2.45) is 10.9 Å². The minimum atomic E-state index is -0.259. The van der Waals surface area contributed by atoms with E-state index in [1.807, 2.05) is 17.0 Å². The first-order valence-electron chi connectivity index (χ1n) is 11.9. The Morgan fingerprint density at radius 1 is 1.06 bits per heavy atom. The third kappa shape index (κ3) is 5.80. The van der Waals surface area contributed by atoms with Crippen molar-refractivity contribution in [1.29, 1.82) is 0 Å². The number of anilines is 1. The van der Waals surface area contributed by atoms with Gasteiger partial charge >= 0.3 is 0 Å². The van der Waals surface area contributed by atoms with Gasteiger partial charge in [-0.05, 0) is 61.8 Å². The lowest BCUT2D eigenvalue weighted by Gasteiger charge is -2.31. The predicted molar refractivity (Wildman–Crippen MR) is 128 cm³/mol. The highest BCUT2D eigenvalue weighted by Gasteiger charge is 2.25. The summed E-state index contributed by atoms with van der Waals surface area (Å²) < 4.78 is 14.8. The number of aliphatic hydroxyl groups excluding tert-OH is 1. The first kappa shape index (κ1) is 22.6. The van der Waals surface area contributed by atoms with E-state index in [9.17, 15) is 9.50 Å². The van der Waals surface area contributed by atoms with Crippen LogP contribution < -0.4 is 10.2 Å². The number of nitrogens with one attached hydrogen (secondary N) is 1. The summed E-state index contributed by atoms with van der Waals surface area (Å²) in [7, 11) is 0. The second kappa shape index (κ2) is 10.8. The normalized spacial score (nSPS) is 20.1. The number of guanidine groups is 1. The number of hydrogen-bond acceptors (Lipinski definition) is 3. The topological polar surface area (TPSA) is 51.1 Å². The summed E-state index contributed by atoms with van der Waals surface area (Å²) in [6.07, 6.45) is 3.38. The van der Waals surface area contributed by atoms with Gasteiger partial charge in [-0.2, -0.15) is 0 Å². The van der Waals surface area contributed by atoms with Crippen LogP contribution >= 0.6 is 0 Å². The SMILES string of the molecule is CCNC(=NCc1ccc(N2CCC(O)CC2)c(F)c1)N1CCC(Cc2ccccc2)C1. The fraction of sp³-hybridized carbons (Fsp3) is 0.500. The highest BCUT2D eigenvalue weighted by atomic mass is 19.1. The first-order chi connectivity index (χ1) is 15.6. The lowest BCUT2D eigenvalue weighted by atomic mass is 9.99. The third-order valence-corrected chi connectivity index (χ3v) is 6.52. The van der Waals surface area contributed by atoms with Crippen LogP contribution in [-0.4, -0.2) is 54.8 Å². The Morgan fingerprint density at radius 3 is 2.56 bits per heavy atom. The molecule has 0 spiro atoms. The van der Waals surface area contributed by atoms with E-state index in [1.165, 1.54) is 5.56 Å². The second-order valence-electron chi connectivity index (χ2n) is 8.96. The van der Waals surface area contributed by atoms with Crippen molar-refractivity contribution in [3.63, 3.8) is 0 Å². The second-order valence-corrected chi connectivity index (χ2v) is 8.96. The van der Waals surface area contributed by atoms with E-state index in [0.717, 1.165) is 44.0 Å². The number of nitrogens with zero attached hydrogens (tertiary/aromatic N) is 3. The van der Waals surface area contributed by atoms with Crippen molar-refractivity contribution >= 4 is 11.6 Å². The molecule has 172 valence electrons. The van der Waals surface area contributed by atoms with E-state index in [0.29, 0.717) is 44.1 Å². The molecular formula is C26H35FN4O. The minimum Gasteiger partial charge on any atom is -0.393 e. The summed E-state index contributed by atoms with van der Waals surface area (Å²) in [6, 6.07) is 16.1. The standard InChI is InChI=1S/C26H35FN4O/c1-2-28-26(31-13-10-22(19-31)16-20-6-4-3-5-7-20)29-18-21-8-9-25(24(27)17-21)30-14-11-23(32)12-15-30/h3-9,17,22-23,32H,2,10-16,18-19H2,1H3,(H,28,29). The molecule has 0 saturated carbocycles. The van der Waals surface area contributed by atoms with Gasteiger partial charge in [0, 0.05) is 32.7 Å². The van der Waals surface area contributed by atoms with Crippen LogP contribution in [0.2, 0.25) is 0 Å². The molecule has 4 rings (SSSR count). The van der Waals surface area contributed by atoms with E-state index >= 15 is 0 Å². The van der Waals surface area contributed by atoms with Crippen LogP contribution in [0.25, 0.3) is 0 Å². The van der Waals surface area contributed by atoms with Crippen LogP contribution in [0.5, 0.6) is 0 Å². The van der Waals surface area contributed by atoms with Crippen molar-refractivity contribution in [2.45, 2.75) is 45.3 Å². The van der Waals surface area contributed by atoms with Crippen LogP contribution in [0.4, 0.5) is 10.1 Å². The molecule has 2 aliphatic heterocycles.